The lowest BCUT2D eigenvalue weighted by Gasteiger charge is -1.99. The molecule has 0 aliphatic carbocycles. The Morgan fingerprint density at radius 2 is 2.40 bits per heavy atom. The van der Waals surface area contributed by atoms with Crippen molar-refractivity contribution in [2.24, 2.45) is 5.73 Å². The fourth-order valence-corrected chi connectivity index (χ4v) is 0.937. The third-order valence-electron chi connectivity index (χ3n) is 1.29. The highest BCUT2D eigenvalue weighted by molar-refractivity contribution is 6.31. The second-order valence-corrected chi connectivity index (χ2v) is 2.53. The number of nitrogens with zero attached hydrogens (tertiary/aromatic N) is 1. The topological polar surface area (TPSA) is 38.9 Å². The Hall–Kier alpha value is -0.600. The number of pyridine rings is 1. The minimum Gasteiger partial charge on any atom is -0.326 e. The molecule has 0 aromatic carbocycles. The molecule has 1 aromatic rings. The summed E-state index contributed by atoms with van der Waals surface area (Å²) in [5.41, 5.74) is 7.31. The molecule has 0 aliphatic rings. The summed E-state index contributed by atoms with van der Waals surface area (Å²) in [5.74, 6) is 0. The lowest BCUT2D eigenvalue weighted by Crippen LogP contribution is -1.98. The number of hydrogen-bond donors (Lipinski definition) is 1. The van der Waals surface area contributed by atoms with Gasteiger partial charge in [-0.15, -0.1) is 0 Å². The van der Waals surface area contributed by atoms with Gasteiger partial charge in [0.15, 0.2) is 0 Å². The van der Waals surface area contributed by atoms with Crippen LogP contribution in [-0.2, 0) is 6.54 Å². The monoisotopic (exact) mass is 156 g/mol. The van der Waals surface area contributed by atoms with Gasteiger partial charge in [0.2, 0.25) is 0 Å². The van der Waals surface area contributed by atoms with Crippen LogP contribution in [0.3, 0.4) is 0 Å². The van der Waals surface area contributed by atoms with Crippen LogP contribution in [0.25, 0.3) is 0 Å². The predicted molar refractivity (Wildman–Crippen MR) is 41.9 cm³/mol. The van der Waals surface area contributed by atoms with Crippen LogP contribution in [0, 0.1) is 6.92 Å². The summed E-state index contributed by atoms with van der Waals surface area (Å²) in [6, 6.07) is 1.89. The van der Waals surface area contributed by atoms with Gasteiger partial charge in [-0.2, -0.15) is 0 Å². The predicted octanol–water partition coefficient (Wildman–Crippen LogP) is 1.50. The first-order valence-electron chi connectivity index (χ1n) is 3.05. The molecule has 1 heterocycles. The zero-order valence-corrected chi connectivity index (χ0v) is 6.52. The Morgan fingerprint density at radius 1 is 1.70 bits per heavy atom. The van der Waals surface area contributed by atoms with Crippen LogP contribution in [0.1, 0.15) is 11.3 Å². The SMILES string of the molecule is Cc1cc(CN)c(Cl)cn1. The van der Waals surface area contributed by atoms with E-state index in [1.54, 1.807) is 6.20 Å². The van der Waals surface area contributed by atoms with Crippen molar-refractivity contribution in [2.45, 2.75) is 13.5 Å². The summed E-state index contributed by atoms with van der Waals surface area (Å²) in [7, 11) is 0. The molecule has 3 heteroatoms. The molecule has 2 nitrogen and oxygen atoms in total. The molecule has 10 heavy (non-hydrogen) atoms. The molecule has 0 aliphatic heterocycles. The van der Waals surface area contributed by atoms with E-state index >= 15 is 0 Å². The Labute approximate surface area is 65.0 Å². The molecule has 0 unspecified atom stereocenters. The standard InChI is InChI=1S/C7H9ClN2/c1-5-2-6(3-9)7(8)4-10-5/h2,4H,3,9H2,1H3. The summed E-state index contributed by atoms with van der Waals surface area (Å²) in [6.45, 7) is 2.39. The van der Waals surface area contributed by atoms with Crippen LogP contribution >= 0.6 is 11.6 Å². The third-order valence-corrected chi connectivity index (χ3v) is 1.63. The van der Waals surface area contributed by atoms with E-state index < -0.39 is 0 Å². The maximum absolute atomic E-state index is 5.75. The van der Waals surface area contributed by atoms with Crippen molar-refractivity contribution in [3.05, 3.63) is 28.5 Å². The first-order valence-corrected chi connectivity index (χ1v) is 3.43. The zero-order chi connectivity index (χ0) is 7.56. The number of aromatic nitrogens is 1. The fourth-order valence-electron chi connectivity index (χ4n) is 0.756. The van der Waals surface area contributed by atoms with Gasteiger partial charge in [-0.25, -0.2) is 0 Å². The van der Waals surface area contributed by atoms with Crippen LogP contribution in [-0.4, -0.2) is 4.98 Å². The second kappa shape index (κ2) is 2.99. The van der Waals surface area contributed by atoms with Crippen molar-refractivity contribution < 1.29 is 0 Å². The Balaban J connectivity index is 3.09. The zero-order valence-electron chi connectivity index (χ0n) is 5.76. The molecule has 0 spiro atoms. The highest BCUT2D eigenvalue weighted by Gasteiger charge is 1.96. The van der Waals surface area contributed by atoms with Crippen molar-refractivity contribution in [3.63, 3.8) is 0 Å². The number of hydrogen-bond acceptors (Lipinski definition) is 2. The molecular weight excluding hydrogens is 148 g/mol. The maximum Gasteiger partial charge on any atom is 0.0634 e. The van der Waals surface area contributed by atoms with Crippen molar-refractivity contribution in [1.82, 2.24) is 4.98 Å². The third kappa shape index (κ3) is 1.46. The van der Waals surface area contributed by atoms with Crippen molar-refractivity contribution in [2.75, 3.05) is 0 Å². The molecule has 1 aromatic heterocycles. The van der Waals surface area contributed by atoms with Crippen molar-refractivity contribution in [3.8, 4) is 0 Å². The minimum absolute atomic E-state index is 0.474. The van der Waals surface area contributed by atoms with Crippen LogP contribution < -0.4 is 5.73 Å². The minimum atomic E-state index is 0.474. The molecule has 0 fully saturated rings. The largest absolute Gasteiger partial charge is 0.326 e. The molecule has 0 radical (unpaired) electrons. The summed E-state index contributed by atoms with van der Waals surface area (Å²) in [5, 5.41) is 0.646. The lowest BCUT2D eigenvalue weighted by atomic mass is 10.2. The normalized spacial score (nSPS) is 9.90. The molecule has 0 bridgehead atoms. The highest BCUT2D eigenvalue weighted by Crippen LogP contribution is 2.13. The van der Waals surface area contributed by atoms with E-state index in [0.29, 0.717) is 11.6 Å². The van der Waals surface area contributed by atoms with E-state index in [0.717, 1.165) is 11.3 Å². The Bertz CT molecular complexity index is 235. The summed E-state index contributed by atoms with van der Waals surface area (Å²) in [4.78, 5) is 4.00. The maximum atomic E-state index is 5.75. The van der Waals surface area contributed by atoms with Gasteiger partial charge in [0.25, 0.3) is 0 Å². The van der Waals surface area contributed by atoms with E-state index in [1.165, 1.54) is 0 Å². The summed E-state index contributed by atoms with van der Waals surface area (Å²) < 4.78 is 0. The van der Waals surface area contributed by atoms with Gasteiger partial charge in [0.05, 0.1) is 5.02 Å². The molecule has 0 atom stereocenters. The average molecular weight is 157 g/mol. The molecule has 54 valence electrons. The van der Waals surface area contributed by atoms with Gasteiger partial charge >= 0.3 is 0 Å². The Morgan fingerprint density at radius 3 is 2.90 bits per heavy atom. The van der Waals surface area contributed by atoms with Gasteiger partial charge in [-0.05, 0) is 18.6 Å². The van der Waals surface area contributed by atoms with Crippen LogP contribution in [0.4, 0.5) is 0 Å². The smallest absolute Gasteiger partial charge is 0.0634 e. The first-order chi connectivity index (χ1) is 4.74. The van der Waals surface area contributed by atoms with Crippen molar-refractivity contribution >= 4 is 11.6 Å². The van der Waals surface area contributed by atoms with E-state index in [9.17, 15) is 0 Å². The number of nitrogens with two attached hydrogens (primary N) is 1. The quantitative estimate of drug-likeness (QED) is 0.670. The van der Waals surface area contributed by atoms with E-state index in [1.807, 2.05) is 13.0 Å². The number of rotatable bonds is 1. The molecule has 0 saturated carbocycles. The van der Waals surface area contributed by atoms with Gasteiger partial charge in [0.1, 0.15) is 0 Å². The van der Waals surface area contributed by atoms with Gasteiger partial charge < -0.3 is 5.73 Å². The molecule has 2 N–H and O–H groups in total. The molecule has 1 rings (SSSR count). The van der Waals surface area contributed by atoms with Gasteiger partial charge in [-0.1, -0.05) is 11.6 Å². The van der Waals surface area contributed by atoms with Crippen molar-refractivity contribution in [1.29, 1.82) is 0 Å². The van der Waals surface area contributed by atoms with Crippen LogP contribution in [0.15, 0.2) is 12.3 Å². The van der Waals surface area contributed by atoms with Gasteiger partial charge in [-0.3, -0.25) is 4.98 Å². The molecule has 0 amide bonds. The van der Waals surface area contributed by atoms with E-state index in [4.69, 9.17) is 17.3 Å². The fraction of sp³-hybridized carbons (Fsp3) is 0.286. The number of halogens is 1. The van der Waals surface area contributed by atoms with Crippen LogP contribution in [0.5, 0.6) is 0 Å². The summed E-state index contributed by atoms with van der Waals surface area (Å²) >= 11 is 5.75. The average Bonchev–Trinajstić information content (AvgIpc) is 1.94. The van der Waals surface area contributed by atoms with Gasteiger partial charge in [0, 0.05) is 18.4 Å². The lowest BCUT2D eigenvalue weighted by molar-refractivity contribution is 1.04. The number of aryl methyl sites for hydroxylation is 1. The Kier molecular flexibility index (Phi) is 2.25. The summed E-state index contributed by atoms with van der Waals surface area (Å²) in [6.07, 6.45) is 1.62. The van der Waals surface area contributed by atoms with E-state index in [-0.39, 0.29) is 0 Å². The van der Waals surface area contributed by atoms with Crippen LogP contribution in [0.2, 0.25) is 5.02 Å². The first kappa shape index (κ1) is 7.51. The molecule has 0 saturated heterocycles. The van der Waals surface area contributed by atoms with E-state index in [2.05, 4.69) is 4.98 Å². The highest BCUT2D eigenvalue weighted by atomic mass is 35.5. The molecular formula is C7H9ClN2. The second-order valence-electron chi connectivity index (χ2n) is 2.12.